The lowest BCUT2D eigenvalue weighted by molar-refractivity contribution is 0.580. The van der Waals surface area contributed by atoms with E-state index >= 15 is 0 Å². The van der Waals surface area contributed by atoms with Gasteiger partial charge in [-0.25, -0.2) is 0 Å². The van der Waals surface area contributed by atoms with Crippen molar-refractivity contribution >= 4 is 32.8 Å². The number of aryl methyl sites for hydroxylation is 2. The minimum atomic E-state index is 1.09. The molecule has 3 aromatic carbocycles. The summed E-state index contributed by atoms with van der Waals surface area (Å²) in [6.07, 6.45) is 6.53. The van der Waals surface area contributed by atoms with Gasteiger partial charge >= 0.3 is 0 Å². The summed E-state index contributed by atoms with van der Waals surface area (Å²) in [4.78, 5) is 0. The van der Waals surface area contributed by atoms with Gasteiger partial charge in [-0.3, -0.25) is 0 Å². The Morgan fingerprint density at radius 3 is 2.23 bits per heavy atom. The summed E-state index contributed by atoms with van der Waals surface area (Å²) in [7, 11) is 2.23. The summed E-state index contributed by atoms with van der Waals surface area (Å²) in [5.41, 5.74) is 6.58. The molecule has 0 spiro atoms. The smallest absolute Gasteiger partial charge is 0.122 e. The van der Waals surface area contributed by atoms with Crippen LogP contribution < -0.4 is 0 Å². The van der Waals surface area contributed by atoms with E-state index in [1.165, 1.54) is 76.1 Å². The largest absolute Gasteiger partial charge is 0.330 e. The van der Waals surface area contributed by atoms with Crippen LogP contribution in [0.5, 0.6) is 0 Å². The van der Waals surface area contributed by atoms with Gasteiger partial charge in [0, 0.05) is 29.8 Å². The average Bonchev–Trinajstić information content (AvgIpc) is 3.27. The molecular formula is C28H30N2. The molecule has 2 heteroatoms. The highest BCUT2D eigenvalue weighted by Crippen LogP contribution is 2.38. The number of nitrogens with zero attached hydrogens (tertiary/aromatic N) is 2. The zero-order valence-corrected chi connectivity index (χ0v) is 18.1. The Morgan fingerprint density at radius 1 is 0.667 bits per heavy atom. The van der Waals surface area contributed by atoms with E-state index in [1.54, 1.807) is 0 Å². The summed E-state index contributed by atoms with van der Waals surface area (Å²) in [5.74, 6) is 0. The predicted molar refractivity (Wildman–Crippen MR) is 130 cm³/mol. The fourth-order valence-electron chi connectivity index (χ4n) is 4.95. The predicted octanol–water partition coefficient (Wildman–Crippen LogP) is 7.92. The van der Waals surface area contributed by atoms with Crippen molar-refractivity contribution in [2.24, 2.45) is 7.05 Å². The molecule has 0 N–H and O–H groups in total. The topological polar surface area (TPSA) is 9.86 Å². The van der Waals surface area contributed by atoms with Crippen molar-refractivity contribution in [3.8, 4) is 11.1 Å². The van der Waals surface area contributed by atoms with Gasteiger partial charge < -0.3 is 9.13 Å². The van der Waals surface area contributed by atoms with Gasteiger partial charge in [0.2, 0.25) is 0 Å². The molecule has 0 unspecified atom stereocenters. The molecule has 0 aliphatic heterocycles. The molecular weight excluding hydrogens is 364 g/mol. The maximum Gasteiger partial charge on any atom is 0.122 e. The van der Waals surface area contributed by atoms with Crippen LogP contribution in [0.15, 0.2) is 72.8 Å². The monoisotopic (exact) mass is 394 g/mol. The van der Waals surface area contributed by atoms with E-state index in [0.29, 0.717) is 0 Å². The number of fused-ring (bicyclic) bond motifs is 5. The van der Waals surface area contributed by atoms with Crippen LogP contribution in [0.1, 0.15) is 39.0 Å². The molecule has 30 heavy (non-hydrogen) atoms. The highest BCUT2D eigenvalue weighted by atomic mass is 15.1. The first-order valence-electron chi connectivity index (χ1n) is 11.3. The third-order valence-electron chi connectivity index (χ3n) is 6.48. The molecule has 0 aliphatic rings. The van der Waals surface area contributed by atoms with Crippen LogP contribution in [0, 0.1) is 0 Å². The summed E-state index contributed by atoms with van der Waals surface area (Å²) in [6.45, 7) is 3.37. The third-order valence-corrected chi connectivity index (χ3v) is 6.48. The van der Waals surface area contributed by atoms with Gasteiger partial charge in [0.15, 0.2) is 0 Å². The second kappa shape index (κ2) is 8.02. The molecule has 0 saturated carbocycles. The molecule has 0 saturated heterocycles. The van der Waals surface area contributed by atoms with E-state index in [9.17, 15) is 0 Å². The minimum absolute atomic E-state index is 1.09. The van der Waals surface area contributed by atoms with Crippen LogP contribution in [0.3, 0.4) is 0 Å². The van der Waals surface area contributed by atoms with Gasteiger partial charge in [0.05, 0.1) is 11.0 Å². The lowest BCUT2D eigenvalue weighted by atomic mass is 10.0. The Morgan fingerprint density at radius 2 is 1.40 bits per heavy atom. The van der Waals surface area contributed by atoms with Crippen LogP contribution in [-0.2, 0) is 13.6 Å². The van der Waals surface area contributed by atoms with Crippen molar-refractivity contribution in [2.45, 2.75) is 45.6 Å². The Labute approximate surface area is 178 Å². The number of hydrogen-bond acceptors (Lipinski definition) is 0. The van der Waals surface area contributed by atoms with Crippen molar-refractivity contribution in [1.29, 1.82) is 0 Å². The normalized spacial score (nSPS) is 11.8. The number of hydrogen-bond donors (Lipinski definition) is 0. The first-order chi connectivity index (χ1) is 14.8. The van der Waals surface area contributed by atoms with Crippen LogP contribution >= 0.6 is 0 Å². The van der Waals surface area contributed by atoms with Crippen LogP contribution in [0.2, 0.25) is 0 Å². The Balaban J connectivity index is 1.66. The van der Waals surface area contributed by atoms with Crippen LogP contribution in [0.4, 0.5) is 0 Å². The molecule has 0 bridgehead atoms. The Hall–Kier alpha value is -3.00. The zero-order chi connectivity index (χ0) is 20.5. The van der Waals surface area contributed by atoms with E-state index in [-0.39, 0.29) is 0 Å². The fourth-order valence-corrected chi connectivity index (χ4v) is 4.95. The molecule has 0 amide bonds. The van der Waals surface area contributed by atoms with Crippen molar-refractivity contribution in [3.05, 3.63) is 72.8 Å². The van der Waals surface area contributed by atoms with E-state index in [4.69, 9.17) is 0 Å². The maximum absolute atomic E-state index is 2.55. The van der Waals surface area contributed by atoms with Gasteiger partial charge in [0.25, 0.3) is 0 Å². The number of unbranched alkanes of at least 4 members (excludes halogenated alkanes) is 4. The van der Waals surface area contributed by atoms with Crippen molar-refractivity contribution in [1.82, 2.24) is 9.13 Å². The minimum Gasteiger partial charge on any atom is -0.330 e. The molecule has 0 aliphatic carbocycles. The van der Waals surface area contributed by atoms with Crippen LogP contribution in [0.25, 0.3) is 44.0 Å². The van der Waals surface area contributed by atoms with E-state index in [2.05, 4.69) is 95.9 Å². The Kier molecular flexibility index (Phi) is 5.08. The molecule has 2 nitrogen and oxygen atoms in total. The lowest BCUT2D eigenvalue weighted by Crippen LogP contribution is -2.02. The molecule has 5 rings (SSSR count). The summed E-state index contributed by atoms with van der Waals surface area (Å²) < 4.78 is 4.96. The Bertz CT molecular complexity index is 1300. The summed E-state index contributed by atoms with van der Waals surface area (Å²) in [5, 5.41) is 4.13. The van der Waals surface area contributed by atoms with Crippen molar-refractivity contribution in [3.63, 3.8) is 0 Å². The van der Waals surface area contributed by atoms with Crippen LogP contribution in [-0.4, -0.2) is 9.13 Å². The highest BCUT2D eigenvalue weighted by Gasteiger charge is 2.18. The number of aromatic nitrogens is 2. The van der Waals surface area contributed by atoms with E-state index in [1.807, 2.05) is 0 Å². The summed E-state index contributed by atoms with van der Waals surface area (Å²) >= 11 is 0. The number of para-hydroxylation sites is 1. The first-order valence-corrected chi connectivity index (χ1v) is 11.3. The highest BCUT2D eigenvalue weighted by molar-refractivity contribution is 6.21. The third kappa shape index (κ3) is 3.11. The first kappa shape index (κ1) is 19.0. The molecule has 2 heterocycles. The van der Waals surface area contributed by atoms with Gasteiger partial charge in [-0.2, -0.15) is 0 Å². The van der Waals surface area contributed by atoms with Crippen molar-refractivity contribution in [2.75, 3.05) is 0 Å². The number of rotatable bonds is 7. The lowest BCUT2D eigenvalue weighted by Gasteiger charge is -2.10. The SMILES string of the molecule is CCCCCCCn1c2ccccc2c2c3ccc(-c4ccccc4)cc3n(C)c21. The van der Waals surface area contributed by atoms with Gasteiger partial charge in [-0.1, -0.05) is 93.3 Å². The summed E-state index contributed by atoms with van der Waals surface area (Å²) in [6, 6.07) is 26.5. The second-order valence-electron chi connectivity index (χ2n) is 8.44. The van der Waals surface area contributed by atoms with Gasteiger partial charge in [0.1, 0.15) is 5.65 Å². The standard InChI is InChI=1S/C28H30N2/c1-3-4-5-6-12-19-30-25-16-11-10-15-23(25)27-24-18-17-22(21-13-8-7-9-14-21)20-26(24)29(2)28(27)30/h7-11,13-18,20H,3-6,12,19H2,1-2H3. The molecule has 152 valence electrons. The molecule has 2 aromatic heterocycles. The molecule has 5 aromatic rings. The number of benzene rings is 3. The van der Waals surface area contributed by atoms with Gasteiger partial charge in [-0.15, -0.1) is 0 Å². The average molecular weight is 395 g/mol. The van der Waals surface area contributed by atoms with E-state index in [0.717, 1.165) is 6.54 Å². The molecule has 0 fully saturated rings. The zero-order valence-electron chi connectivity index (χ0n) is 18.1. The molecule has 0 radical (unpaired) electrons. The van der Waals surface area contributed by atoms with Gasteiger partial charge in [-0.05, 0) is 29.7 Å². The quantitative estimate of drug-likeness (QED) is 0.248. The van der Waals surface area contributed by atoms with E-state index < -0.39 is 0 Å². The maximum atomic E-state index is 2.55. The van der Waals surface area contributed by atoms with Crippen molar-refractivity contribution < 1.29 is 0 Å². The fraction of sp³-hybridized carbons (Fsp3) is 0.286. The molecule has 0 atom stereocenters. The second-order valence-corrected chi connectivity index (χ2v) is 8.44.